The maximum absolute atomic E-state index is 12.5. The van der Waals surface area contributed by atoms with Gasteiger partial charge in [-0.3, -0.25) is 9.80 Å². The fourth-order valence-corrected chi connectivity index (χ4v) is 12.8. The monoisotopic (exact) mass is 779 g/mol. The first kappa shape index (κ1) is 40.7. The first-order chi connectivity index (χ1) is 28.0. The molecule has 8 heteroatoms. The summed E-state index contributed by atoms with van der Waals surface area (Å²) in [6.45, 7) is 4.05. The fourth-order valence-electron chi connectivity index (χ4n) is 12.8. The molecule has 0 spiro atoms. The molecular weight excluding hydrogens is 705 g/mol. The number of carbonyl (C=O) groups excluding carboxylic acids is 2. The zero-order chi connectivity index (χ0) is 39.1. The molecule has 8 nitrogen and oxygen atoms in total. The van der Waals surface area contributed by atoms with Crippen LogP contribution in [0.3, 0.4) is 0 Å². The summed E-state index contributed by atoms with van der Waals surface area (Å²) in [6.07, 6.45) is 27.9. The van der Waals surface area contributed by atoms with Crippen LogP contribution in [0, 0.1) is 11.8 Å². The van der Waals surface area contributed by atoms with Crippen LogP contribution in [0.25, 0.3) is 0 Å². The Morgan fingerprint density at radius 1 is 0.456 bits per heavy atom. The zero-order valence-electron chi connectivity index (χ0n) is 35.1. The van der Waals surface area contributed by atoms with E-state index in [0.29, 0.717) is 36.3 Å². The van der Waals surface area contributed by atoms with E-state index >= 15 is 0 Å². The van der Waals surface area contributed by atoms with E-state index in [0.717, 1.165) is 63.5 Å². The molecule has 0 aromatic heterocycles. The molecule has 4 fully saturated rings. The van der Waals surface area contributed by atoms with E-state index in [4.69, 9.17) is 11.5 Å². The van der Waals surface area contributed by atoms with Gasteiger partial charge in [-0.25, -0.2) is 9.59 Å². The predicted molar refractivity (Wildman–Crippen MR) is 231 cm³/mol. The van der Waals surface area contributed by atoms with Gasteiger partial charge in [-0.2, -0.15) is 0 Å². The summed E-state index contributed by atoms with van der Waals surface area (Å²) in [5.74, 6) is 1.55. The number of hydrogen-bond acceptors (Lipinski definition) is 4. The molecule has 0 unspecified atom stereocenters. The van der Waals surface area contributed by atoms with Crippen molar-refractivity contribution in [2.75, 3.05) is 26.2 Å². The molecule has 57 heavy (non-hydrogen) atoms. The van der Waals surface area contributed by atoms with Gasteiger partial charge in [-0.1, -0.05) is 93.5 Å². The summed E-state index contributed by atoms with van der Waals surface area (Å²) in [4.78, 5) is 34.5. The van der Waals surface area contributed by atoms with Gasteiger partial charge in [0.25, 0.3) is 0 Å². The maximum Gasteiger partial charge on any atom is 0.315 e. The molecule has 312 valence electrons. The van der Waals surface area contributed by atoms with Crippen molar-refractivity contribution in [3.63, 3.8) is 0 Å². The number of nitrogens with two attached hydrogens (primary N) is 2. The van der Waals surface area contributed by atoms with Gasteiger partial charge in [0.2, 0.25) is 0 Å². The second-order valence-corrected chi connectivity index (χ2v) is 19.1. The third-order valence-electron chi connectivity index (χ3n) is 15.9. The predicted octanol–water partition coefficient (Wildman–Crippen LogP) is 10.9. The molecule has 8 rings (SSSR count). The van der Waals surface area contributed by atoms with E-state index in [-0.39, 0.29) is 12.1 Å². The standard InChI is InChI=1S/C49H74N6O2/c50-48(56)52(38-22-18-36(19-23-38)30-34-54-44-26-27-45(54)41-15-9-8-14-40(41)44)32-12-6-4-2-1-3-5-7-13-33-53(49(51)57)39-24-20-37(21-25-39)31-35-55-46-28-29-47(55)43-17-11-10-16-42(43)46/h8-11,14-17,36-39,44-47H,1-7,12-13,18-35H2,(H2,50,56)(H2,51,57)/t36?,37?,38?,39?,44-,45+,46-,47+. The second kappa shape index (κ2) is 19.3. The lowest BCUT2D eigenvalue weighted by atomic mass is 9.83. The van der Waals surface area contributed by atoms with Crippen molar-refractivity contribution in [3.05, 3.63) is 70.8 Å². The van der Waals surface area contributed by atoms with Gasteiger partial charge in [-0.05, 0) is 150 Å². The third-order valence-corrected chi connectivity index (χ3v) is 15.9. The third kappa shape index (κ3) is 9.38. The molecule has 2 saturated heterocycles. The van der Waals surface area contributed by atoms with Crippen LogP contribution < -0.4 is 11.5 Å². The second-order valence-electron chi connectivity index (χ2n) is 19.1. The Bertz CT molecular complexity index is 1440. The van der Waals surface area contributed by atoms with E-state index < -0.39 is 0 Å². The quantitative estimate of drug-likeness (QED) is 0.131. The van der Waals surface area contributed by atoms with E-state index in [1.54, 1.807) is 22.3 Å². The lowest BCUT2D eigenvalue weighted by Gasteiger charge is -2.37. The zero-order valence-corrected chi connectivity index (χ0v) is 35.1. The number of rotatable bonds is 20. The Kier molecular flexibility index (Phi) is 13.8. The number of hydrogen-bond donors (Lipinski definition) is 2. The number of urea groups is 2. The summed E-state index contributed by atoms with van der Waals surface area (Å²) in [5, 5.41) is 0. The summed E-state index contributed by atoms with van der Waals surface area (Å²) in [7, 11) is 0. The molecule has 2 saturated carbocycles. The molecule has 4 bridgehead atoms. The minimum Gasteiger partial charge on any atom is -0.351 e. The highest BCUT2D eigenvalue weighted by Crippen LogP contribution is 2.54. The molecule has 2 aromatic rings. The average molecular weight is 779 g/mol. The highest BCUT2D eigenvalue weighted by atomic mass is 16.2. The van der Waals surface area contributed by atoms with Crippen LogP contribution in [0.15, 0.2) is 48.5 Å². The number of amides is 4. The lowest BCUT2D eigenvalue weighted by Crippen LogP contribution is -2.45. The first-order valence-corrected chi connectivity index (χ1v) is 23.8. The topological polar surface area (TPSA) is 99.1 Å². The van der Waals surface area contributed by atoms with Crippen molar-refractivity contribution in [1.82, 2.24) is 19.6 Å². The molecular formula is C49H74N6O2. The SMILES string of the molecule is NC(=O)N(CCCCCCCCCCCN(C(N)=O)C1CCC(CCN2[C@@H]3CC[C@H]2c2ccccc23)CC1)C1CCC(CCN2[C@@H]3CC[C@H]2c2ccccc23)CC1. The van der Waals surface area contributed by atoms with E-state index in [1.807, 2.05) is 9.80 Å². The largest absolute Gasteiger partial charge is 0.351 e. The number of nitrogens with zero attached hydrogens (tertiary/aromatic N) is 4. The Morgan fingerprint density at radius 2 is 0.754 bits per heavy atom. The van der Waals surface area contributed by atoms with Crippen LogP contribution in [0.1, 0.15) is 194 Å². The Labute approximate surface area is 344 Å². The molecule has 6 aliphatic rings. The van der Waals surface area contributed by atoms with E-state index in [9.17, 15) is 9.59 Å². The molecule has 4 aliphatic heterocycles. The van der Waals surface area contributed by atoms with Gasteiger partial charge >= 0.3 is 12.1 Å². The summed E-state index contributed by atoms with van der Waals surface area (Å²) in [6, 6.07) is 21.0. The van der Waals surface area contributed by atoms with Crippen molar-refractivity contribution in [2.45, 2.75) is 184 Å². The van der Waals surface area contributed by atoms with Gasteiger partial charge in [0.15, 0.2) is 0 Å². The van der Waals surface area contributed by atoms with Crippen molar-refractivity contribution >= 4 is 12.1 Å². The molecule has 0 radical (unpaired) electrons. The molecule has 2 aliphatic carbocycles. The van der Waals surface area contributed by atoms with Crippen LogP contribution in [0.5, 0.6) is 0 Å². The van der Waals surface area contributed by atoms with E-state index in [2.05, 4.69) is 58.3 Å². The normalized spacial score (nSPS) is 29.1. The van der Waals surface area contributed by atoms with Gasteiger partial charge < -0.3 is 21.3 Å². The summed E-state index contributed by atoms with van der Waals surface area (Å²) < 4.78 is 0. The minimum atomic E-state index is -0.223. The summed E-state index contributed by atoms with van der Waals surface area (Å²) in [5.41, 5.74) is 18.2. The van der Waals surface area contributed by atoms with Gasteiger partial charge in [0, 0.05) is 49.3 Å². The van der Waals surface area contributed by atoms with Gasteiger partial charge in [0.1, 0.15) is 0 Å². The molecule has 2 aromatic carbocycles. The van der Waals surface area contributed by atoms with Crippen LogP contribution in [-0.2, 0) is 0 Å². The van der Waals surface area contributed by atoms with Crippen LogP contribution in [0.4, 0.5) is 9.59 Å². The van der Waals surface area contributed by atoms with Crippen molar-refractivity contribution in [3.8, 4) is 0 Å². The molecule has 4 heterocycles. The Hall–Kier alpha value is -3.10. The number of carbonyl (C=O) groups is 2. The van der Waals surface area contributed by atoms with Gasteiger partial charge in [-0.15, -0.1) is 0 Å². The number of benzene rings is 2. The highest BCUT2D eigenvalue weighted by Gasteiger charge is 2.44. The smallest absolute Gasteiger partial charge is 0.315 e. The summed E-state index contributed by atoms with van der Waals surface area (Å²) >= 11 is 0. The Balaban J connectivity index is 0.634. The fraction of sp³-hybridized carbons (Fsp3) is 0.714. The Morgan fingerprint density at radius 3 is 1.05 bits per heavy atom. The van der Waals surface area contributed by atoms with Crippen molar-refractivity contribution < 1.29 is 9.59 Å². The maximum atomic E-state index is 12.5. The number of unbranched alkanes of at least 4 members (excludes halogenated alkanes) is 8. The molecule has 4 N–H and O–H groups in total. The molecule has 4 atom stereocenters. The highest BCUT2D eigenvalue weighted by molar-refractivity contribution is 5.72. The minimum absolute atomic E-state index is 0.223. The first-order valence-electron chi connectivity index (χ1n) is 23.8. The molecule has 4 amide bonds. The van der Waals surface area contributed by atoms with Crippen LogP contribution in [0.2, 0.25) is 0 Å². The van der Waals surface area contributed by atoms with Crippen molar-refractivity contribution in [1.29, 1.82) is 0 Å². The number of primary amides is 2. The van der Waals surface area contributed by atoms with Crippen LogP contribution >= 0.6 is 0 Å². The number of fused-ring (bicyclic) bond motifs is 10. The van der Waals surface area contributed by atoms with E-state index in [1.165, 1.54) is 122 Å². The van der Waals surface area contributed by atoms with Crippen LogP contribution in [-0.4, -0.2) is 69.9 Å². The van der Waals surface area contributed by atoms with Crippen molar-refractivity contribution in [2.24, 2.45) is 23.3 Å². The lowest BCUT2D eigenvalue weighted by molar-refractivity contribution is 0.137. The average Bonchev–Trinajstić information content (AvgIpc) is 4.00. The van der Waals surface area contributed by atoms with Gasteiger partial charge in [0.05, 0.1) is 0 Å².